The number of amides is 2. The Kier molecular flexibility index (Phi) is 10.2. The molecule has 2 amide bonds. The summed E-state index contributed by atoms with van der Waals surface area (Å²) in [5, 5.41) is 14.3. The van der Waals surface area contributed by atoms with Crippen LogP contribution in [-0.4, -0.2) is 47.6 Å². The van der Waals surface area contributed by atoms with Crippen molar-refractivity contribution in [2.24, 2.45) is 17.4 Å². The third-order valence-corrected chi connectivity index (χ3v) is 3.32. The molecular formula is C15H30N4O4. The Labute approximate surface area is 137 Å². The van der Waals surface area contributed by atoms with Crippen molar-refractivity contribution in [1.29, 1.82) is 0 Å². The number of aliphatic carboxylic acids is 1. The summed E-state index contributed by atoms with van der Waals surface area (Å²) in [4.78, 5) is 35.3. The average molecular weight is 330 g/mol. The minimum absolute atomic E-state index is 0.152. The first-order chi connectivity index (χ1) is 10.7. The molecule has 0 aromatic rings. The van der Waals surface area contributed by atoms with Crippen molar-refractivity contribution in [3.05, 3.63) is 0 Å². The van der Waals surface area contributed by atoms with Gasteiger partial charge in [-0.15, -0.1) is 0 Å². The molecule has 8 nitrogen and oxygen atoms in total. The molecule has 8 heteroatoms. The van der Waals surface area contributed by atoms with Crippen molar-refractivity contribution in [3.8, 4) is 0 Å². The molecule has 3 atom stereocenters. The molecule has 0 aromatic heterocycles. The standard InChI is InChI=1S/C15H30N4O4/c1-9(2)8-12(19-13(20)10(3)17)14(21)18-11(15(22)23)6-4-5-7-16/h9-12H,4-8,16-17H2,1-3H3,(H,18,21)(H,19,20)(H,22,23)/t10-,11+,12+/m1/s1. The molecule has 0 fully saturated rings. The van der Waals surface area contributed by atoms with E-state index in [2.05, 4.69) is 10.6 Å². The highest BCUT2D eigenvalue weighted by molar-refractivity contribution is 5.91. The van der Waals surface area contributed by atoms with Crippen LogP contribution in [0.3, 0.4) is 0 Å². The highest BCUT2D eigenvalue weighted by Gasteiger charge is 2.27. The molecule has 0 saturated carbocycles. The fourth-order valence-corrected chi connectivity index (χ4v) is 2.03. The fourth-order valence-electron chi connectivity index (χ4n) is 2.03. The molecule has 0 unspecified atom stereocenters. The number of carboxylic acid groups (broad SMARTS) is 1. The highest BCUT2D eigenvalue weighted by Crippen LogP contribution is 2.07. The number of rotatable bonds is 11. The SMILES string of the molecule is CC(C)C[C@H](NC(=O)[C@@H](C)N)C(=O)N[C@@H](CCCCN)C(=O)O. The van der Waals surface area contributed by atoms with Gasteiger partial charge >= 0.3 is 5.97 Å². The number of hydrogen-bond donors (Lipinski definition) is 5. The topological polar surface area (TPSA) is 148 Å². The van der Waals surface area contributed by atoms with Gasteiger partial charge < -0.3 is 27.2 Å². The van der Waals surface area contributed by atoms with Gasteiger partial charge in [-0.25, -0.2) is 4.79 Å². The molecule has 0 aliphatic heterocycles. The zero-order valence-corrected chi connectivity index (χ0v) is 14.2. The first-order valence-corrected chi connectivity index (χ1v) is 7.98. The molecule has 0 heterocycles. The van der Waals surface area contributed by atoms with Crippen LogP contribution in [0.2, 0.25) is 0 Å². The molecule has 0 bridgehead atoms. The minimum Gasteiger partial charge on any atom is -0.480 e. The van der Waals surface area contributed by atoms with Gasteiger partial charge in [0.2, 0.25) is 11.8 Å². The first kappa shape index (κ1) is 21.3. The monoisotopic (exact) mass is 330 g/mol. The quantitative estimate of drug-likeness (QED) is 0.324. The Hall–Kier alpha value is -1.67. The van der Waals surface area contributed by atoms with Crippen LogP contribution in [0.4, 0.5) is 0 Å². The molecule has 0 saturated heterocycles. The normalized spacial score (nSPS) is 14.9. The molecule has 134 valence electrons. The lowest BCUT2D eigenvalue weighted by Crippen LogP contribution is -2.54. The van der Waals surface area contributed by atoms with Crippen LogP contribution in [0.5, 0.6) is 0 Å². The van der Waals surface area contributed by atoms with Crippen LogP contribution in [-0.2, 0) is 14.4 Å². The maximum Gasteiger partial charge on any atom is 0.326 e. The van der Waals surface area contributed by atoms with Crippen molar-refractivity contribution >= 4 is 17.8 Å². The molecular weight excluding hydrogens is 300 g/mol. The van der Waals surface area contributed by atoms with Crippen LogP contribution < -0.4 is 22.1 Å². The maximum atomic E-state index is 12.3. The largest absolute Gasteiger partial charge is 0.480 e. The fraction of sp³-hybridized carbons (Fsp3) is 0.800. The van der Waals surface area contributed by atoms with Crippen molar-refractivity contribution in [2.75, 3.05) is 6.54 Å². The minimum atomic E-state index is -1.10. The molecule has 0 rings (SSSR count). The Bertz CT molecular complexity index is 399. The molecule has 7 N–H and O–H groups in total. The number of nitrogens with two attached hydrogens (primary N) is 2. The second-order valence-electron chi connectivity index (χ2n) is 6.16. The summed E-state index contributed by atoms with van der Waals surface area (Å²) >= 11 is 0. The van der Waals surface area contributed by atoms with Gasteiger partial charge in [-0.05, 0) is 45.1 Å². The number of nitrogens with one attached hydrogen (secondary N) is 2. The summed E-state index contributed by atoms with van der Waals surface area (Å²) in [5.74, 6) is -1.90. The van der Waals surface area contributed by atoms with E-state index in [0.717, 1.165) is 0 Å². The second kappa shape index (κ2) is 11.0. The van der Waals surface area contributed by atoms with Gasteiger partial charge in [0.25, 0.3) is 0 Å². The van der Waals surface area contributed by atoms with Gasteiger partial charge in [-0.1, -0.05) is 13.8 Å². The van der Waals surface area contributed by atoms with Gasteiger partial charge in [0.05, 0.1) is 6.04 Å². The van der Waals surface area contributed by atoms with Crippen molar-refractivity contribution in [3.63, 3.8) is 0 Å². The smallest absolute Gasteiger partial charge is 0.326 e. The van der Waals surface area contributed by atoms with Crippen LogP contribution in [0.25, 0.3) is 0 Å². The van der Waals surface area contributed by atoms with E-state index in [1.165, 1.54) is 6.92 Å². The molecule has 0 aromatic carbocycles. The summed E-state index contributed by atoms with van der Waals surface area (Å²) < 4.78 is 0. The highest BCUT2D eigenvalue weighted by atomic mass is 16.4. The van der Waals surface area contributed by atoms with Gasteiger partial charge in [-0.3, -0.25) is 9.59 Å². The third-order valence-electron chi connectivity index (χ3n) is 3.32. The van der Waals surface area contributed by atoms with E-state index in [0.29, 0.717) is 32.2 Å². The lowest BCUT2D eigenvalue weighted by molar-refractivity contribution is -0.142. The number of hydrogen-bond acceptors (Lipinski definition) is 5. The predicted octanol–water partition coefficient (Wildman–Crippen LogP) is -0.437. The van der Waals surface area contributed by atoms with Crippen LogP contribution in [0, 0.1) is 5.92 Å². The lowest BCUT2D eigenvalue weighted by Gasteiger charge is -2.23. The lowest BCUT2D eigenvalue weighted by atomic mass is 10.0. The van der Waals surface area contributed by atoms with Crippen molar-refractivity contribution in [2.45, 2.75) is 64.6 Å². The van der Waals surface area contributed by atoms with Crippen molar-refractivity contribution < 1.29 is 19.5 Å². The molecule has 0 spiro atoms. The van der Waals surface area contributed by atoms with E-state index in [1.54, 1.807) is 0 Å². The van der Waals surface area contributed by atoms with E-state index in [1.807, 2.05) is 13.8 Å². The van der Waals surface area contributed by atoms with E-state index in [4.69, 9.17) is 11.5 Å². The summed E-state index contributed by atoms with van der Waals surface area (Å²) in [7, 11) is 0. The second-order valence-corrected chi connectivity index (χ2v) is 6.16. The van der Waals surface area contributed by atoms with Gasteiger partial charge in [0, 0.05) is 0 Å². The van der Waals surface area contributed by atoms with E-state index >= 15 is 0 Å². The zero-order valence-electron chi connectivity index (χ0n) is 14.2. The number of carbonyl (C=O) groups excluding carboxylic acids is 2. The summed E-state index contributed by atoms with van der Waals surface area (Å²) in [6, 6.07) is -2.53. The van der Waals surface area contributed by atoms with Crippen LogP contribution in [0.1, 0.15) is 46.5 Å². The van der Waals surface area contributed by atoms with E-state index < -0.39 is 35.9 Å². The maximum absolute atomic E-state index is 12.3. The van der Waals surface area contributed by atoms with Crippen LogP contribution >= 0.6 is 0 Å². The Balaban J connectivity index is 4.82. The Morgan fingerprint density at radius 3 is 2.00 bits per heavy atom. The Morgan fingerprint density at radius 1 is 1.00 bits per heavy atom. The van der Waals surface area contributed by atoms with E-state index in [9.17, 15) is 19.5 Å². The van der Waals surface area contributed by atoms with Crippen LogP contribution in [0.15, 0.2) is 0 Å². The average Bonchev–Trinajstić information content (AvgIpc) is 2.44. The number of unbranched alkanes of at least 4 members (excludes halogenated alkanes) is 1. The zero-order chi connectivity index (χ0) is 18.0. The summed E-state index contributed by atoms with van der Waals surface area (Å²) in [6.45, 7) is 5.82. The Morgan fingerprint density at radius 2 is 1.57 bits per heavy atom. The first-order valence-electron chi connectivity index (χ1n) is 7.98. The summed E-state index contributed by atoms with van der Waals surface area (Å²) in [6.07, 6.45) is 2.00. The molecule has 0 radical (unpaired) electrons. The van der Waals surface area contributed by atoms with Gasteiger partial charge in [0.15, 0.2) is 0 Å². The third kappa shape index (κ3) is 9.14. The van der Waals surface area contributed by atoms with Gasteiger partial charge in [-0.2, -0.15) is 0 Å². The number of carboxylic acids is 1. The predicted molar refractivity (Wildman–Crippen MR) is 87.5 cm³/mol. The van der Waals surface area contributed by atoms with Gasteiger partial charge in [0.1, 0.15) is 12.1 Å². The summed E-state index contributed by atoms with van der Waals surface area (Å²) in [5.41, 5.74) is 10.9. The number of carbonyl (C=O) groups is 3. The molecule has 0 aliphatic rings. The van der Waals surface area contributed by atoms with Crippen molar-refractivity contribution in [1.82, 2.24) is 10.6 Å². The molecule has 23 heavy (non-hydrogen) atoms. The molecule has 0 aliphatic carbocycles. The van der Waals surface area contributed by atoms with E-state index in [-0.39, 0.29) is 5.92 Å².